The molecule has 1 aliphatic heterocycles. The average molecular weight is 366 g/mol. The number of ether oxygens (including phenoxy) is 1. The summed E-state index contributed by atoms with van der Waals surface area (Å²) in [5.41, 5.74) is 2.87. The van der Waals surface area contributed by atoms with Gasteiger partial charge < -0.3 is 14.5 Å². The van der Waals surface area contributed by atoms with E-state index >= 15 is 0 Å². The number of rotatable bonds is 4. The molecule has 0 spiro atoms. The molecule has 0 aromatic heterocycles. The van der Waals surface area contributed by atoms with Crippen LogP contribution in [0.15, 0.2) is 48.5 Å². The Labute approximate surface area is 160 Å². The standard InChI is InChI=1S/C22H26N2O3/c1-17-4-6-18(7-5-17)16-21(25)23-12-3-13-24(15-14-23)22(26)19-8-10-20(27-2)11-9-19/h4-11H,3,12-16H2,1-2H3. The van der Waals surface area contributed by atoms with Crippen LogP contribution in [0.1, 0.15) is 27.9 Å². The molecule has 5 heteroatoms. The van der Waals surface area contributed by atoms with Crippen LogP contribution in [0.4, 0.5) is 0 Å². The zero-order chi connectivity index (χ0) is 19.2. The summed E-state index contributed by atoms with van der Waals surface area (Å²) in [7, 11) is 1.60. The van der Waals surface area contributed by atoms with Crippen LogP contribution in [0.25, 0.3) is 0 Å². The molecular formula is C22H26N2O3. The monoisotopic (exact) mass is 366 g/mol. The zero-order valence-corrected chi connectivity index (χ0v) is 16.0. The van der Waals surface area contributed by atoms with Crippen molar-refractivity contribution in [2.45, 2.75) is 19.8 Å². The minimum Gasteiger partial charge on any atom is -0.497 e. The molecule has 0 saturated carbocycles. The van der Waals surface area contributed by atoms with Crippen molar-refractivity contribution < 1.29 is 14.3 Å². The summed E-state index contributed by atoms with van der Waals surface area (Å²) in [6.45, 7) is 4.53. The smallest absolute Gasteiger partial charge is 0.253 e. The lowest BCUT2D eigenvalue weighted by molar-refractivity contribution is -0.130. The molecule has 2 amide bonds. The van der Waals surface area contributed by atoms with Crippen molar-refractivity contribution in [1.29, 1.82) is 0 Å². The Morgan fingerprint density at radius 1 is 0.889 bits per heavy atom. The van der Waals surface area contributed by atoms with Gasteiger partial charge in [0.05, 0.1) is 13.5 Å². The van der Waals surface area contributed by atoms with E-state index in [0.29, 0.717) is 38.2 Å². The van der Waals surface area contributed by atoms with E-state index < -0.39 is 0 Å². The van der Waals surface area contributed by atoms with Crippen LogP contribution in [-0.4, -0.2) is 54.9 Å². The second kappa shape index (κ2) is 8.71. The van der Waals surface area contributed by atoms with Crippen molar-refractivity contribution in [3.05, 3.63) is 65.2 Å². The van der Waals surface area contributed by atoms with E-state index in [1.165, 1.54) is 5.56 Å². The number of amides is 2. The predicted octanol–water partition coefficient (Wildman–Crippen LogP) is 2.92. The number of carbonyl (C=O) groups excluding carboxylic acids is 2. The zero-order valence-electron chi connectivity index (χ0n) is 16.0. The third kappa shape index (κ3) is 4.88. The Bertz CT molecular complexity index is 784. The fourth-order valence-corrected chi connectivity index (χ4v) is 3.28. The topological polar surface area (TPSA) is 49.9 Å². The van der Waals surface area contributed by atoms with Gasteiger partial charge in [-0.3, -0.25) is 9.59 Å². The quantitative estimate of drug-likeness (QED) is 0.836. The highest BCUT2D eigenvalue weighted by molar-refractivity contribution is 5.94. The van der Waals surface area contributed by atoms with Crippen LogP contribution < -0.4 is 4.74 Å². The molecule has 0 atom stereocenters. The normalized spacial score (nSPS) is 14.6. The van der Waals surface area contributed by atoms with Gasteiger partial charge in [0.15, 0.2) is 0 Å². The van der Waals surface area contributed by atoms with E-state index in [1.54, 1.807) is 31.4 Å². The molecule has 142 valence electrons. The van der Waals surface area contributed by atoms with Gasteiger partial charge in [0.1, 0.15) is 5.75 Å². The molecule has 0 unspecified atom stereocenters. The van der Waals surface area contributed by atoms with Crippen molar-refractivity contribution in [3.8, 4) is 5.75 Å². The SMILES string of the molecule is COc1ccc(C(=O)N2CCCN(C(=O)Cc3ccc(C)cc3)CC2)cc1. The molecule has 27 heavy (non-hydrogen) atoms. The van der Waals surface area contributed by atoms with E-state index in [0.717, 1.165) is 17.7 Å². The first-order chi connectivity index (χ1) is 13.1. The summed E-state index contributed by atoms with van der Waals surface area (Å²) in [6.07, 6.45) is 1.20. The Morgan fingerprint density at radius 3 is 2.19 bits per heavy atom. The summed E-state index contributed by atoms with van der Waals surface area (Å²) in [5.74, 6) is 0.860. The number of methoxy groups -OCH3 is 1. The Morgan fingerprint density at radius 2 is 1.52 bits per heavy atom. The van der Waals surface area contributed by atoms with Crippen LogP contribution in [0, 0.1) is 6.92 Å². The van der Waals surface area contributed by atoms with E-state index in [2.05, 4.69) is 0 Å². The first kappa shape index (κ1) is 19.0. The minimum atomic E-state index is 0.00508. The number of nitrogens with zero attached hydrogens (tertiary/aromatic N) is 2. The first-order valence-corrected chi connectivity index (χ1v) is 9.33. The second-order valence-electron chi connectivity index (χ2n) is 6.92. The van der Waals surface area contributed by atoms with Gasteiger partial charge in [-0.25, -0.2) is 0 Å². The van der Waals surface area contributed by atoms with Crippen molar-refractivity contribution in [2.24, 2.45) is 0 Å². The number of hydrogen-bond donors (Lipinski definition) is 0. The summed E-state index contributed by atoms with van der Waals surface area (Å²) in [4.78, 5) is 29.1. The van der Waals surface area contributed by atoms with Gasteiger partial charge in [0, 0.05) is 31.7 Å². The third-order valence-electron chi connectivity index (χ3n) is 4.95. The summed E-state index contributed by atoms with van der Waals surface area (Å²) in [6, 6.07) is 15.2. The maximum atomic E-state index is 12.7. The first-order valence-electron chi connectivity index (χ1n) is 9.33. The number of aryl methyl sites for hydroxylation is 1. The molecule has 0 radical (unpaired) electrons. The minimum absolute atomic E-state index is 0.00508. The van der Waals surface area contributed by atoms with Gasteiger partial charge >= 0.3 is 0 Å². The van der Waals surface area contributed by atoms with Crippen molar-refractivity contribution in [1.82, 2.24) is 9.80 Å². The third-order valence-corrected chi connectivity index (χ3v) is 4.95. The molecule has 0 N–H and O–H groups in total. The molecule has 1 saturated heterocycles. The van der Waals surface area contributed by atoms with E-state index in [4.69, 9.17) is 4.74 Å². The molecule has 5 nitrogen and oxygen atoms in total. The van der Waals surface area contributed by atoms with Crippen LogP contribution in [-0.2, 0) is 11.2 Å². The van der Waals surface area contributed by atoms with E-state index in [9.17, 15) is 9.59 Å². The van der Waals surface area contributed by atoms with Crippen LogP contribution in [0.3, 0.4) is 0 Å². The predicted molar refractivity (Wildman–Crippen MR) is 105 cm³/mol. The lowest BCUT2D eigenvalue weighted by Gasteiger charge is -2.22. The van der Waals surface area contributed by atoms with E-state index in [1.807, 2.05) is 41.0 Å². The van der Waals surface area contributed by atoms with Gasteiger partial charge in [-0.2, -0.15) is 0 Å². The van der Waals surface area contributed by atoms with Crippen molar-refractivity contribution in [2.75, 3.05) is 33.3 Å². The molecule has 1 fully saturated rings. The summed E-state index contributed by atoms with van der Waals surface area (Å²) >= 11 is 0. The summed E-state index contributed by atoms with van der Waals surface area (Å²) < 4.78 is 5.14. The molecule has 1 heterocycles. The number of hydrogen-bond acceptors (Lipinski definition) is 3. The highest BCUT2D eigenvalue weighted by Crippen LogP contribution is 2.15. The molecule has 0 aliphatic carbocycles. The summed E-state index contributed by atoms with van der Waals surface area (Å²) in [5, 5.41) is 0. The molecular weight excluding hydrogens is 340 g/mol. The maximum absolute atomic E-state index is 12.7. The lowest BCUT2D eigenvalue weighted by Crippen LogP contribution is -2.38. The van der Waals surface area contributed by atoms with Crippen molar-refractivity contribution in [3.63, 3.8) is 0 Å². The van der Waals surface area contributed by atoms with Gasteiger partial charge in [0.25, 0.3) is 5.91 Å². The maximum Gasteiger partial charge on any atom is 0.253 e. The highest BCUT2D eigenvalue weighted by Gasteiger charge is 2.23. The van der Waals surface area contributed by atoms with Crippen LogP contribution >= 0.6 is 0 Å². The van der Waals surface area contributed by atoms with Gasteiger partial charge in [-0.05, 0) is 43.2 Å². The number of carbonyl (C=O) groups is 2. The Balaban J connectivity index is 1.58. The largest absolute Gasteiger partial charge is 0.497 e. The number of benzene rings is 2. The Hall–Kier alpha value is -2.82. The van der Waals surface area contributed by atoms with Crippen molar-refractivity contribution >= 4 is 11.8 Å². The van der Waals surface area contributed by atoms with Gasteiger partial charge in [0.2, 0.25) is 5.91 Å². The highest BCUT2D eigenvalue weighted by atomic mass is 16.5. The fraction of sp³-hybridized carbons (Fsp3) is 0.364. The van der Waals surface area contributed by atoms with Gasteiger partial charge in [-0.1, -0.05) is 29.8 Å². The van der Waals surface area contributed by atoms with Crippen LogP contribution in [0.5, 0.6) is 5.75 Å². The Kier molecular flexibility index (Phi) is 6.12. The molecule has 0 bridgehead atoms. The molecule has 2 aromatic rings. The molecule has 3 rings (SSSR count). The lowest BCUT2D eigenvalue weighted by atomic mass is 10.1. The molecule has 2 aromatic carbocycles. The van der Waals surface area contributed by atoms with Crippen LogP contribution in [0.2, 0.25) is 0 Å². The second-order valence-corrected chi connectivity index (χ2v) is 6.92. The average Bonchev–Trinajstić information content (AvgIpc) is 2.95. The van der Waals surface area contributed by atoms with Gasteiger partial charge in [-0.15, -0.1) is 0 Å². The fourth-order valence-electron chi connectivity index (χ4n) is 3.28. The van der Waals surface area contributed by atoms with E-state index in [-0.39, 0.29) is 11.8 Å². The molecule has 1 aliphatic rings.